The van der Waals surface area contributed by atoms with Crippen LogP contribution >= 0.6 is 22.6 Å². The molecule has 0 aliphatic heterocycles. The summed E-state index contributed by atoms with van der Waals surface area (Å²) in [6.07, 6.45) is 2.59. The summed E-state index contributed by atoms with van der Waals surface area (Å²) in [6, 6.07) is 0. The third kappa shape index (κ3) is 4.45. The first-order chi connectivity index (χ1) is 4.48. The van der Waals surface area contributed by atoms with Crippen molar-refractivity contribution in [1.82, 2.24) is 0 Å². The van der Waals surface area contributed by atoms with E-state index >= 15 is 0 Å². The minimum absolute atomic E-state index is 0.412. The van der Waals surface area contributed by atoms with Gasteiger partial charge >= 0.3 is 0 Å². The van der Waals surface area contributed by atoms with E-state index in [4.69, 9.17) is 5.14 Å². The average molecular weight is 277 g/mol. The number of hydrogen-bond donors (Lipinski definition) is 1. The van der Waals surface area contributed by atoms with Gasteiger partial charge < -0.3 is 0 Å². The van der Waals surface area contributed by atoms with Crippen LogP contribution in [0.1, 0.15) is 26.2 Å². The molecule has 5 heteroatoms. The number of unbranched alkanes of at least 4 members (excludes halogenated alkanes) is 1. The molecule has 0 spiro atoms. The van der Waals surface area contributed by atoms with E-state index in [0.29, 0.717) is 6.42 Å². The molecule has 0 aliphatic rings. The maximum absolute atomic E-state index is 10.6. The van der Waals surface area contributed by atoms with Crippen molar-refractivity contribution < 1.29 is 8.42 Å². The zero-order chi connectivity index (χ0) is 8.20. The van der Waals surface area contributed by atoms with Crippen LogP contribution in [0.4, 0.5) is 0 Å². The number of nitrogens with two attached hydrogens (primary N) is 1. The van der Waals surface area contributed by atoms with Gasteiger partial charge in [-0.2, -0.15) is 0 Å². The van der Waals surface area contributed by atoms with Gasteiger partial charge in [0.1, 0.15) is 3.26 Å². The van der Waals surface area contributed by atoms with Gasteiger partial charge in [0.2, 0.25) is 10.0 Å². The molecule has 0 fully saturated rings. The highest BCUT2D eigenvalue weighted by Gasteiger charge is 2.15. The van der Waals surface area contributed by atoms with E-state index in [1.807, 2.05) is 29.5 Å². The second kappa shape index (κ2) is 4.50. The van der Waals surface area contributed by atoms with Crippen LogP contribution in [0.15, 0.2) is 0 Å². The lowest BCUT2D eigenvalue weighted by atomic mass is 10.3. The van der Waals surface area contributed by atoms with Crippen LogP contribution in [0.2, 0.25) is 0 Å². The maximum Gasteiger partial charge on any atom is 0.221 e. The molecule has 0 saturated heterocycles. The molecule has 0 heterocycles. The van der Waals surface area contributed by atoms with Gasteiger partial charge in [-0.3, -0.25) is 0 Å². The van der Waals surface area contributed by atoms with Gasteiger partial charge in [-0.15, -0.1) is 0 Å². The van der Waals surface area contributed by atoms with E-state index in [2.05, 4.69) is 0 Å². The van der Waals surface area contributed by atoms with Crippen LogP contribution < -0.4 is 5.14 Å². The number of sulfonamides is 1. The number of hydrogen-bond acceptors (Lipinski definition) is 2. The first-order valence-corrected chi connectivity index (χ1v) is 5.99. The zero-order valence-corrected chi connectivity index (χ0v) is 8.85. The summed E-state index contributed by atoms with van der Waals surface area (Å²) in [4.78, 5) is 0. The predicted molar refractivity (Wildman–Crippen MR) is 50.4 cm³/mol. The van der Waals surface area contributed by atoms with Crippen molar-refractivity contribution in [3.05, 3.63) is 0 Å². The molecule has 0 aromatic heterocycles. The van der Waals surface area contributed by atoms with Crippen LogP contribution in [0.5, 0.6) is 0 Å². The van der Waals surface area contributed by atoms with Gasteiger partial charge in [0.15, 0.2) is 0 Å². The molecule has 0 aliphatic carbocycles. The SMILES string of the molecule is CCCCC(I)S(N)(=O)=O. The van der Waals surface area contributed by atoms with Gasteiger partial charge in [-0.05, 0) is 6.42 Å². The smallest absolute Gasteiger partial charge is 0.221 e. The molecule has 62 valence electrons. The van der Waals surface area contributed by atoms with Crippen molar-refractivity contribution >= 4 is 32.6 Å². The quantitative estimate of drug-likeness (QED) is 0.620. The summed E-state index contributed by atoms with van der Waals surface area (Å²) in [5.41, 5.74) is 0. The molecule has 0 aromatic carbocycles. The van der Waals surface area contributed by atoms with E-state index in [-0.39, 0.29) is 0 Å². The molecule has 0 rings (SSSR count). The molecule has 0 aromatic rings. The second-order valence-electron chi connectivity index (χ2n) is 2.14. The van der Waals surface area contributed by atoms with Gasteiger partial charge in [-0.1, -0.05) is 42.4 Å². The van der Waals surface area contributed by atoms with Gasteiger partial charge in [0.05, 0.1) is 0 Å². The highest BCUT2D eigenvalue weighted by atomic mass is 127. The van der Waals surface area contributed by atoms with Crippen LogP contribution in [-0.2, 0) is 10.0 Å². The molecular weight excluding hydrogens is 265 g/mol. The topological polar surface area (TPSA) is 60.2 Å². The molecule has 0 radical (unpaired) electrons. The van der Waals surface area contributed by atoms with Crippen molar-refractivity contribution in [2.75, 3.05) is 0 Å². The maximum atomic E-state index is 10.6. The Morgan fingerprint density at radius 1 is 1.60 bits per heavy atom. The molecule has 10 heavy (non-hydrogen) atoms. The number of rotatable bonds is 4. The summed E-state index contributed by atoms with van der Waals surface area (Å²) in [5.74, 6) is 0. The van der Waals surface area contributed by atoms with Crippen molar-refractivity contribution in [3.8, 4) is 0 Å². The van der Waals surface area contributed by atoms with Gasteiger partial charge in [0.25, 0.3) is 0 Å². The summed E-state index contributed by atoms with van der Waals surface area (Å²) in [6.45, 7) is 2.02. The highest BCUT2D eigenvalue weighted by molar-refractivity contribution is 14.1. The lowest BCUT2D eigenvalue weighted by Gasteiger charge is -2.04. The lowest BCUT2D eigenvalue weighted by Crippen LogP contribution is -2.22. The van der Waals surface area contributed by atoms with Crippen molar-refractivity contribution in [2.24, 2.45) is 5.14 Å². The second-order valence-corrected chi connectivity index (χ2v) is 6.24. The summed E-state index contributed by atoms with van der Waals surface area (Å²) < 4.78 is 20.8. The van der Waals surface area contributed by atoms with Crippen LogP contribution in [0.25, 0.3) is 0 Å². The third-order valence-corrected chi connectivity index (χ3v) is 4.84. The average Bonchev–Trinajstić information content (AvgIpc) is 1.80. The molecule has 3 nitrogen and oxygen atoms in total. The van der Waals surface area contributed by atoms with Crippen molar-refractivity contribution in [2.45, 2.75) is 29.4 Å². The predicted octanol–water partition coefficient (Wildman–Crippen LogP) is 1.23. The Labute approximate surface area is 75.6 Å². The summed E-state index contributed by atoms with van der Waals surface area (Å²) >= 11 is 1.86. The third-order valence-electron chi connectivity index (χ3n) is 1.14. The Hall–Kier alpha value is 0.640. The summed E-state index contributed by atoms with van der Waals surface area (Å²) in [5, 5.41) is 4.88. The number of primary sulfonamides is 1. The van der Waals surface area contributed by atoms with Gasteiger partial charge in [0, 0.05) is 0 Å². The minimum atomic E-state index is -3.29. The fourth-order valence-electron chi connectivity index (χ4n) is 0.529. The number of halogens is 1. The molecule has 2 N–H and O–H groups in total. The first kappa shape index (κ1) is 10.6. The first-order valence-electron chi connectivity index (χ1n) is 3.14. The normalized spacial score (nSPS) is 15.1. The Morgan fingerprint density at radius 3 is 2.40 bits per heavy atom. The van der Waals surface area contributed by atoms with Crippen molar-refractivity contribution in [1.29, 1.82) is 0 Å². The van der Waals surface area contributed by atoms with Crippen molar-refractivity contribution in [3.63, 3.8) is 0 Å². The molecular formula is C5H12INO2S. The van der Waals surface area contributed by atoms with E-state index in [0.717, 1.165) is 12.8 Å². The van der Waals surface area contributed by atoms with E-state index in [1.54, 1.807) is 0 Å². The van der Waals surface area contributed by atoms with E-state index < -0.39 is 13.3 Å². The molecule has 0 bridgehead atoms. The standard InChI is InChI=1S/C5H12INO2S/c1-2-3-4-5(6)10(7,8)9/h5H,2-4H2,1H3,(H2,7,8,9). The van der Waals surface area contributed by atoms with Crippen LogP contribution in [0.3, 0.4) is 0 Å². The monoisotopic (exact) mass is 277 g/mol. The molecule has 1 unspecified atom stereocenters. The van der Waals surface area contributed by atoms with Gasteiger partial charge in [-0.25, -0.2) is 13.6 Å². The van der Waals surface area contributed by atoms with Crippen LogP contribution in [0, 0.1) is 0 Å². The molecule has 0 saturated carbocycles. The Bertz CT molecular complexity index is 178. The molecule has 0 amide bonds. The van der Waals surface area contributed by atoms with E-state index in [1.165, 1.54) is 0 Å². The Kier molecular flexibility index (Phi) is 4.79. The highest BCUT2D eigenvalue weighted by Crippen LogP contribution is 2.13. The van der Waals surface area contributed by atoms with E-state index in [9.17, 15) is 8.42 Å². The minimum Gasteiger partial charge on any atom is -0.228 e. The fraction of sp³-hybridized carbons (Fsp3) is 1.00. The van der Waals surface area contributed by atoms with Crippen LogP contribution in [-0.4, -0.2) is 11.7 Å². The summed E-state index contributed by atoms with van der Waals surface area (Å²) in [7, 11) is -3.29. The number of alkyl halides is 1. The Morgan fingerprint density at radius 2 is 2.10 bits per heavy atom. The fourth-order valence-corrected chi connectivity index (χ4v) is 1.46. The zero-order valence-electron chi connectivity index (χ0n) is 5.88. The lowest BCUT2D eigenvalue weighted by molar-refractivity contribution is 0.590. The largest absolute Gasteiger partial charge is 0.228 e. The molecule has 1 atom stereocenters. The Balaban J connectivity index is 3.75.